The van der Waals surface area contributed by atoms with E-state index in [1.165, 1.54) is 0 Å². The summed E-state index contributed by atoms with van der Waals surface area (Å²) in [5.74, 6) is 1.28. The largest absolute Gasteiger partial charge is 0.396 e. The molecule has 1 saturated heterocycles. The van der Waals surface area contributed by atoms with Gasteiger partial charge in [0.2, 0.25) is 5.91 Å². The molecule has 0 aromatic heterocycles. The molecule has 4 nitrogen and oxygen atoms in total. The van der Waals surface area contributed by atoms with Gasteiger partial charge in [0, 0.05) is 25.7 Å². The number of aliphatic hydroxyl groups excluding tert-OH is 1. The lowest BCUT2D eigenvalue weighted by atomic mass is 9.78. The van der Waals surface area contributed by atoms with Crippen LogP contribution in [-0.4, -0.2) is 41.7 Å². The summed E-state index contributed by atoms with van der Waals surface area (Å²) in [5, 5.41) is 9.12. The van der Waals surface area contributed by atoms with E-state index in [2.05, 4.69) is 6.92 Å². The highest BCUT2D eigenvalue weighted by Crippen LogP contribution is 2.30. The van der Waals surface area contributed by atoms with Gasteiger partial charge in [-0.1, -0.05) is 6.92 Å². The molecule has 1 aliphatic heterocycles. The molecule has 0 bridgehead atoms. The number of rotatable bonds is 2. The molecule has 104 valence electrons. The molecule has 2 rings (SSSR count). The Morgan fingerprint density at radius 1 is 1.28 bits per heavy atom. The molecule has 0 radical (unpaired) electrons. The summed E-state index contributed by atoms with van der Waals surface area (Å²) in [6.07, 6.45) is 4.93. The second-order valence-electron chi connectivity index (χ2n) is 6.14. The molecular formula is C14H26N2O2. The average Bonchev–Trinajstić information content (AvgIpc) is 2.41. The van der Waals surface area contributed by atoms with Crippen LogP contribution in [0.4, 0.5) is 0 Å². The summed E-state index contributed by atoms with van der Waals surface area (Å²) in [6, 6.07) is 0.0456. The van der Waals surface area contributed by atoms with Gasteiger partial charge < -0.3 is 15.7 Å². The van der Waals surface area contributed by atoms with Crippen molar-refractivity contribution in [2.75, 3.05) is 19.7 Å². The van der Waals surface area contributed by atoms with E-state index in [1.54, 1.807) is 0 Å². The first-order valence-electron chi connectivity index (χ1n) is 7.27. The fourth-order valence-corrected chi connectivity index (χ4v) is 3.26. The van der Waals surface area contributed by atoms with Crippen molar-refractivity contribution in [1.29, 1.82) is 0 Å². The number of amides is 1. The number of likely N-dealkylation sites (tertiary alicyclic amines) is 1. The average molecular weight is 254 g/mol. The van der Waals surface area contributed by atoms with E-state index in [0.29, 0.717) is 11.8 Å². The quantitative estimate of drug-likeness (QED) is 0.772. The summed E-state index contributed by atoms with van der Waals surface area (Å²) in [7, 11) is 0. The molecule has 1 amide bonds. The van der Waals surface area contributed by atoms with Crippen LogP contribution in [0.15, 0.2) is 0 Å². The van der Waals surface area contributed by atoms with Crippen LogP contribution < -0.4 is 5.73 Å². The van der Waals surface area contributed by atoms with Crippen LogP contribution in [-0.2, 0) is 4.79 Å². The number of piperidine rings is 1. The Bertz CT molecular complexity index is 288. The minimum atomic E-state index is 0.0272. The van der Waals surface area contributed by atoms with E-state index in [9.17, 15) is 4.79 Å². The van der Waals surface area contributed by atoms with Crippen molar-refractivity contribution in [2.45, 2.75) is 45.1 Å². The first kappa shape index (κ1) is 13.8. The van der Waals surface area contributed by atoms with E-state index in [4.69, 9.17) is 10.8 Å². The molecule has 2 fully saturated rings. The Hall–Kier alpha value is -0.610. The number of hydrogen-bond acceptors (Lipinski definition) is 3. The summed E-state index contributed by atoms with van der Waals surface area (Å²) in [6.45, 7) is 4.05. The lowest BCUT2D eigenvalue weighted by Gasteiger charge is -2.38. The normalized spacial score (nSPS) is 34.6. The molecule has 0 aromatic rings. The maximum Gasteiger partial charge on any atom is 0.227 e. The van der Waals surface area contributed by atoms with Crippen LogP contribution in [0.1, 0.15) is 39.0 Å². The molecule has 1 aliphatic carbocycles. The molecule has 1 saturated carbocycles. The smallest absolute Gasteiger partial charge is 0.227 e. The zero-order valence-electron chi connectivity index (χ0n) is 11.3. The topological polar surface area (TPSA) is 66.6 Å². The fraction of sp³-hybridized carbons (Fsp3) is 0.929. The molecule has 3 N–H and O–H groups in total. The highest BCUT2D eigenvalue weighted by Gasteiger charge is 2.35. The minimum absolute atomic E-state index is 0.0272. The summed E-state index contributed by atoms with van der Waals surface area (Å²) in [4.78, 5) is 14.5. The van der Waals surface area contributed by atoms with Gasteiger partial charge in [0.1, 0.15) is 0 Å². The molecule has 3 unspecified atom stereocenters. The molecule has 2 aliphatic rings. The van der Waals surface area contributed by atoms with Gasteiger partial charge in [-0.2, -0.15) is 0 Å². The number of nitrogens with zero attached hydrogens (tertiary/aromatic N) is 1. The number of carbonyl (C=O) groups excluding carboxylic acids is 1. The van der Waals surface area contributed by atoms with E-state index in [-0.39, 0.29) is 24.5 Å². The van der Waals surface area contributed by atoms with Gasteiger partial charge >= 0.3 is 0 Å². The molecule has 1 heterocycles. The minimum Gasteiger partial charge on any atom is -0.396 e. The first-order chi connectivity index (χ1) is 8.61. The molecule has 0 aromatic carbocycles. The van der Waals surface area contributed by atoms with Crippen LogP contribution in [0.25, 0.3) is 0 Å². The van der Waals surface area contributed by atoms with Gasteiger partial charge in [-0.05, 0) is 43.9 Å². The Balaban J connectivity index is 1.90. The first-order valence-corrected chi connectivity index (χ1v) is 7.27. The summed E-state index contributed by atoms with van der Waals surface area (Å²) in [5.41, 5.74) is 6.11. The predicted octanol–water partition coefficient (Wildman–Crippen LogP) is 0.981. The molecular weight excluding hydrogens is 228 g/mol. The number of nitrogens with two attached hydrogens (primary N) is 1. The summed E-state index contributed by atoms with van der Waals surface area (Å²) >= 11 is 0. The fourth-order valence-electron chi connectivity index (χ4n) is 3.26. The van der Waals surface area contributed by atoms with Crippen LogP contribution in [0.5, 0.6) is 0 Å². The third-order valence-corrected chi connectivity index (χ3v) is 4.67. The van der Waals surface area contributed by atoms with Crippen LogP contribution in [0.2, 0.25) is 0 Å². The van der Waals surface area contributed by atoms with E-state index < -0.39 is 0 Å². The summed E-state index contributed by atoms with van der Waals surface area (Å²) < 4.78 is 0. The van der Waals surface area contributed by atoms with Gasteiger partial charge in [0.05, 0.1) is 5.92 Å². The van der Waals surface area contributed by atoms with Gasteiger partial charge in [0.15, 0.2) is 0 Å². The second kappa shape index (κ2) is 6.02. The van der Waals surface area contributed by atoms with Gasteiger partial charge in [-0.15, -0.1) is 0 Å². The van der Waals surface area contributed by atoms with E-state index in [1.807, 2.05) is 4.90 Å². The number of carbonyl (C=O) groups is 1. The van der Waals surface area contributed by atoms with Crippen molar-refractivity contribution >= 4 is 5.91 Å². The predicted molar refractivity (Wildman–Crippen MR) is 70.9 cm³/mol. The highest BCUT2D eigenvalue weighted by molar-refractivity contribution is 5.79. The molecule has 0 spiro atoms. The lowest BCUT2D eigenvalue weighted by molar-refractivity contribution is -0.139. The van der Waals surface area contributed by atoms with Gasteiger partial charge in [0.25, 0.3) is 0 Å². The maximum atomic E-state index is 12.5. The molecule has 18 heavy (non-hydrogen) atoms. The van der Waals surface area contributed by atoms with Crippen molar-refractivity contribution in [3.63, 3.8) is 0 Å². The van der Waals surface area contributed by atoms with E-state index >= 15 is 0 Å². The standard InChI is InChI=1S/C14H26N2O2/c1-10-2-3-13(15)12(8-10)14(18)16-6-4-11(9-17)5-7-16/h10-13,17H,2-9,15H2,1H3. The Morgan fingerprint density at radius 3 is 2.56 bits per heavy atom. The van der Waals surface area contributed by atoms with Gasteiger partial charge in [-0.3, -0.25) is 4.79 Å². The Labute approximate surface area is 110 Å². The Morgan fingerprint density at radius 2 is 1.94 bits per heavy atom. The third-order valence-electron chi connectivity index (χ3n) is 4.67. The SMILES string of the molecule is CC1CCC(N)C(C(=O)N2CCC(CO)CC2)C1. The second-order valence-corrected chi connectivity index (χ2v) is 6.14. The van der Waals surface area contributed by atoms with Crippen molar-refractivity contribution in [3.8, 4) is 0 Å². The van der Waals surface area contributed by atoms with Gasteiger partial charge in [-0.25, -0.2) is 0 Å². The molecule has 4 heteroatoms. The zero-order chi connectivity index (χ0) is 13.1. The monoisotopic (exact) mass is 254 g/mol. The van der Waals surface area contributed by atoms with Crippen LogP contribution in [0.3, 0.4) is 0 Å². The van der Waals surface area contributed by atoms with Crippen LogP contribution in [0, 0.1) is 17.8 Å². The highest BCUT2D eigenvalue weighted by atomic mass is 16.3. The Kier molecular flexibility index (Phi) is 4.62. The number of aliphatic hydroxyl groups is 1. The lowest BCUT2D eigenvalue weighted by Crippen LogP contribution is -2.49. The van der Waals surface area contributed by atoms with Crippen molar-refractivity contribution in [1.82, 2.24) is 4.90 Å². The third kappa shape index (κ3) is 3.04. The van der Waals surface area contributed by atoms with Crippen molar-refractivity contribution in [2.24, 2.45) is 23.5 Å². The van der Waals surface area contributed by atoms with E-state index in [0.717, 1.165) is 45.2 Å². The van der Waals surface area contributed by atoms with Crippen molar-refractivity contribution < 1.29 is 9.90 Å². The maximum absolute atomic E-state index is 12.5. The number of hydrogen-bond donors (Lipinski definition) is 2. The van der Waals surface area contributed by atoms with Crippen LogP contribution >= 0.6 is 0 Å². The van der Waals surface area contributed by atoms with Crippen molar-refractivity contribution in [3.05, 3.63) is 0 Å². The zero-order valence-corrected chi connectivity index (χ0v) is 11.3. The molecule has 3 atom stereocenters.